The number of hydrogen-bond acceptors (Lipinski definition) is 3. The number of imidazole rings is 1. The maximum atomic E-state index is 12.7. The van der Waals surface area contributed by atoms with Gasteiger partial charge in [-0.25, -0.2) is 4.98 Å². The molecule has 1 heterocycles. The Hall–Kier alpha value is -2.04. The zero-order chi connectivity index (χ0) is 22.4. The molecule has 6 heteroatoms. The summed E-state index contributed by atoms with van der Waals surface area (Å²) in [4.78, 5) is 17.4. The largest absolute Gasteiger partial charge is 0.461 e. The van der Waals surface area contributed by atoms with Gasteiger partial charge in [0.15, 0.2) is 0 Å². The number of esters is 1. The Labute approximate surface area is 194 Å². The molecule has 31 heavy (non-hydrogen) atoms. The highest BCUT2D eigenvalue weighted by atomic mass is 35.5. The van der Waals surface area contributed by atoms with Crippen LogP contribution in [0.15, 0.2) is 42.5 Å². The number of para-hydroxylation sites is 2. The van der Waals surface area contributed by atoms with Gasteiger partial charge in [0.2, 0.25) is 0 Å². The third-order valence-electron chi connectivity index (χ3n) is 5.25. The number of nitrogens with zero attached hydrogens (tertiary/aromatic N) is 2. The first-order valence-corrected chi connectivity index (χ1v) is 11.8. The third-order valence-corrected chi connectivity index (χ3v) is 5.69. The summed E-state index contributed by atoms with van der Waals surface area (Å²) in [5.74, 6) is 1.01. The van der Waals surface area contributed by atoms with Crippen molar-refractivity contribution in [3.63, 3.8) is 0 Å². The van der Waals surface area contributed by atoms with Crippen molar-refractivity contribution in [2.45, 2.75) is 65.5 Å². The molecule has 1 saturated carbocycles. The van der Waals surface area contributed by atoms with Gasteiger partial charge in [-0.1, -0.05) is 68.9 Å². The van der Waals surface area contributed by atoms with Gasteiger partial charge in [-0.15, -0.1) is 0 Å². The maximum Gasteiger partial charge on any atom is 0.326 e. The summed E-state index contributed by atoms with van der Waals surface area (Å²) in [6.45, 7) is 6.56. The van der Waals surface area contributed by atoms with Crippen molar-refractivity contribution < 1.29 is 9.53 Å². The molecule has 4 rings (SSSR count). The quantitative estimate of drug-likeness (QED) is 0.377. The van der Waals surface area contributed by atoms with Gasteiger partial charge in [-0.2, -0.15) is 0 Å². The molecule has 2 aromatic carbocycles. The highest BCUT2D eigenvalue weighted by Gasteiger charge is 2.23. The van der Waals surface area contributed by atoms with E-state index >= 15 is 0 Å². The number of fused-ring (bicyclic) bond motifs is 1. The summed E-state index contributed by atoms with van der Waals surface area (Å²) in [7, 11) is 0. The first kappa shape index (κ1) is 23.6. The first-order valence-electron chi connectivity index (χ1n) is 11.0. The van der Waals surface area contributed by atoms with Crippen LogP contribution in [0.1, 0.15) is 52.9 Å². The second-order valence-electron chi connectivity index (χ2n) is 8.26. The summed E-state index contributed by atoms with van der Waals surface area (Å²) < 4.78 is 7.66. The molecule has 0 spiro atoms. The lowest BCUT2D eigenvalue weighted by atomic mass is 9.89. The summed E-state index contributed by atoms with van der Waals surface area (Å²) >= 11 is 12.4. The van der Waals surface area contributed by atoms with E-state index in [4.69, 9.17) is 32.9 Å². The zero-order valence-electron chi connectivity index (χ0n) is 18.4. The zero-order valence-corrected chi connectivity index (χ0v) is 19.9. The van der Waals surface area contributed by atoms with Gasteiger partial charge < -0.3 is 9.30 Å². The highest BCUT2D eigenvalue weighted by molar-refractivity contribution is 6.35. The summed E-state index contributed by atoms with van der Waals surface area (Å²) in [6, 6.07) is 13.0. The van der Waals surface area contributed by atoms with Crippen LogP contribution in [0.2, 0.25) is 10.0 Å². The average molecular weight is 461 g/mol. The van der Waals surface area contributed by atoms with Crippen LogP contribution in [-0.2, 0) is 16.1 Å². The van der Waals surface area contributed by atoms with Gasteiger partial charge in [-0.3, -0.25) is 4.79 Å². The second kappa shape index (κ2) is 11.0. The van der Waals surface area contributed by atoms with Crippen molar-refractivity contribution in [2.75, 3.05) is 0 Å². The van der Waals surface area contributed by atoms with Crippen molar-refractivity contribution in [1.29, 1.82) is 0 Å². The van der Waals surface area contributed by atoms with Gasteiger partial charge in [0.1, 0.15) is 18.5 Å². The summed E-state index contributed by atoms with van der Waals surface area (Å²) in [5.41, 5.74) is 2.46. The molecule has 0 saturated heterocycles. The number of halogens is 2. The van der Waals surface area contributed by atoms with Gasteiger partial charge >= 0.3 is 5.97 Å². The fraction of sp³-hybridized carbons (Fsp3) is 0.440. The van der Waals surface area contributed by atoms with E-state index in [2.05, 4.69) is 20.8 Å². The Bertz CT molecular complexity index is 1010. The minimum atomic E-state index is -0.239. The lowest BCUT2D eigenvalue weighted by Gasteiger charge is -2.26. The Morgan fingerprint density at radius 1 is 1.13 bits per heavy atom. The van der Waals surface area contributed by atoms with E-state index in [9.17, 15) is 4.79 Å². The summed E-state index contributed by atoms with van der Waals surface area (Å²) in [5, 5.41) is 1.06. The molecule has 1 fully saturated rings. The highest BCUT2D eigenvalue weighted by Crippen LogP contribution is 2.30. The number of ether oxygens (including phenoxy) is 1. The van der Waals surface area contributed by atoms with Gasteiger partial charge in [-0.05, 0) is 55.5 Å². The maximum absolute atomic E-state index is 12.7. The molecule has 0 bridgehead atoms. The predicted octanol–water partition coefficient (Wildman–Crippen LogP) is 7.55. The first-order chi connectivity index (χ1) is 14.9. The monoisotopic (exact) mass is 460 g/mol. The molecule has 1 aromatic heterocycles. The van der Waals surface area contributed by atoms with Gasteiger partial charge in [0.25, 0.3) is 0 Å². The minimum Gasteiger partial charge on any atom is -0.461 e. The van der Waals surface area contributed by atoms with E-state index < -0.39 is 0 Å². The van der Waals surface area contributed by atoms with E-state index in [0.717, 1.165) is 35.9 Å². The predicted molar refractivity (Wildman–Crippen MR) is 129 cm³/mol. The number of aromatic nitrogens is 2. The van der Waals surface area contributed by atoms with Crippen molar-refractivity contribution >= 4 is 40.2 Å². The Morgan fingerprint density at radius 3 is 2.48 bits per heavy atom. The molecule has 166 valence electrons. The normalized spacial score (nSPS) is 18.4. The number of carbonyl (C=O) groups is 1. The molecule has 0 radical (unpaired) electrons. The fourth-order valence-electron chi connectivity index (χ4n) is 3.98. The van der Waals surface area contributed by atoms with E-state index in [1.54, 1.807) is 18.2 Å². The van der Waals surface area contributed by atoms with Crippen LogP contribution in [0.5, 0.6) is 0 Å². The molecule has 0 aliphatic heterocycles. The molecule has 0 amide bonds. The van der Waals surface area contributed by atoms with Crippen molar-refractivity contribution in [3.05, 3.63) is 52.5 Å². The molecular weight excluding hydrogens is 431 g/mol. The number of rotatable bonds is 4. The number of benzene rings is 2. The smallest absolute Gasteiger partial charge is 0.326 e. The Balaban J connectivity index is 0.000000858. The molecule has 3 aromatic rings. The Morgan fingerprint density at radius 2 is 1.81 bits per heavy atom. The molecule has 2 unspecified atom stereocenters. The van der Waals surface area contributed by atoms with Crippen LogP contribution in [0.25, 0.3) is 22.4 Å². The molecule has 1 aliphatic carbocycles. The molecule has 1 aliphatic rings. The van der Waals surface area contributed by atoms with Crippen LogP contribution in [0, 0.1) is 5.92 Å². The lowest BCUT2D eigenvalue weighted by Crippen LogP contribution is -2.26. The number of carbonyl (C=O) groups excluding carboxylic acids is 1. The van der Waals surface area contributed by atoms with E-state index in [-0.39, 0.29) is 18.6 Å². The molecule has 4 nitrogen and oxygen atoms in total. The second-order valence-corrected chi connectivity index (χ2v) is 9.13. The van der Waals surface area contributed by atoms with Crippen molar-refractivity contribution in [3.8, 4) is 11.4 Å². The molecular formula is C25H30Cl2N2O2. The van der Waals surface area contributed by atoms with Crippen molar-refractivity contribution in [1.82, 2.24) is 9.55 Å². The Kier molecular flexibility index (Phi) is 8.39. The number of hydrogen-bond donors (Lipinski definition) is 0. The average Bonchev–Trinajstić information content (AvgIpc) is 3.06. The van der Waals surface area contributed by atoms with Crippen LogP contribution < -0.4 is 0 Å². The van der Waals surface area contributed by atoms with E-state index in [0.29, 0.717) is 21.8 Å². The van der Waals surface area contributed by atoms with Crippen LogP contribution in [0.3, 0.4) is 0 Å². The minimum absolute atomic E-state index is 0.00935. The SMILES string of the molecule is CC1CCCC(OC(=O)Cn2c(-c3cc(Cl)cc(Cl)c3)nc3ccccc32)C1.CCC. The van der Waals surface area contributed by atoms with Gasteiger partial charge in [0, 0.05) is 15.6 Å². The standard InChI is InChI=1S/C22H22Cl2N2O2.C3H8/c1-14-5-4-6-18(9-14)28-21(27)13-26-20-8-3-2-7-19(20)25-22(26)15-10-16(23)12-17(24)11-15;1-3-2/h2-3,7-8,10-12,14,18H,4-6,9,13H2,1H3;3H2,1-2H3. The van der Waals surface area contributed by atoms with Crippen LogP contribution in [0.4, 0.5) is 0 Å². The van der Waals surface area contributed by atoms with Crippen molar-refractivity contribution in [2.24, 2.45) is 5.92 Å². The van der Waals surface area contributed by atoms with E-state index in [1.165, 1.54) is 12.8 Å². The topological polar surface area (TPSA) is 44.1 Å². The van der Waals surface area contributed by atoms with Gasteiger partial charge in [0.05, 0.1) is 11.0 Å². The summed E-state index contributed by atoms with van der Waals surface area (Å²) in [6.07, 6.45) is 5.46. The van der Waals surface area contributed by atoms with Crippen LogP contribution in [-0.4, -0.2) is 21.6 Å². The molecule has 0 N–H and O–H groups in total. The van der Waals surface area contributed by atoms with Crippen LogP contribution >= 0.6 is 23.2 Å². The third kappa shape index (κ3) is 6.24. The molecule has 2 atom stereocenters. The van der Waals surface area contributed by atoms with E-state index in [1.807, 2.05) is 28.8 Å². The fourth-order valence-corrected chi connectivity index (χ4v) is 4.50. The lowest BCUT2D eigenvalue weighted by molar-refractivity contribution is -0.151.